The standard InChI is InChI=1S/C17H21ClN4O3S/c1-4-22(5-2)14(23)10-21(3)15(24)11-26-17-20-19-16(25-17)12-7-6-8-13(18)9-12/h6-9H,4-5,10-11H2,1-3H3. The molecule has 0 aliphatic heterocycles. The average Bonchev–Trinajstić information content (AvgIpc) is 3.09. The van der Waals surface area contributed by atoms with Crippen LogP contribution in [0, 0.1) is 0 Å². The number of carbonyl (C=O) groups excluding carboxylic acids is 2. The van der Waals surface area contributed by atoms with E-state index in [1.54, 1.807) is 30.1 Å². The minimum atomic E-state index is -0.182. The van der Waals surface area contributed by atoms with E-state index in [0.29, 0.717) is 29.6 Å². The second-order valence-electron chi connectivity index (χ2n) is 5.49. The first kappa shape index (κ1) is 20.3. The Labute approximate surface area is 161 Å². The molecule has 9 heteroatoms. The van der Waals surface area contributed by atoms with Gasteiger partial charge in [0, 0.05) is 30.7 Å². The lowest BCUT2D eigenvalue weighted by Gasteiger charge is -2.22. The molecule has 0 unspecified atom stereocenters. The number of benzene rings is 1. The van der Waals surface area contributed by atoms with E-state index in [1.165, 1.54) is 4.90 Å². The van der Waals surface area contributed by atoms with E-state index in [4.69, 9.17) is 16.0 Å². The first-order valence-electron chi connectivity index (χ1n) is 8.18. The minimum Gasteiger partial charge on any atom is -0.411 e. The number of hydrogen-bond acceptors (Lipinski definition) is 6. The van der Waals surface area contributed by atoms with Crippen LogP contribution in [0.3, 0.4) is 0 Å². The lowest BCUT2D eigenvalue weighted by Crippen LogP contribution is -2.41. The molecule has 0 fully saturated rings. The summed E-state index contributed by atoms with van der Waals surface area (Å²) in [5.74, 6) is 0.196. The molecule has 140 valence electrons. The molecule has 0 aliphatic carbocycles. The zero-order chi connectivity index (χ0) is 19.1. The number of thioether (sulfide) groups is 1. The summed E-state index contributed by atoms with van der Waals surface area (Å²) in [6, 6.07) is 7.08. The van der Waals surface area contributed by atoms with Crippen molar-refractivity contribution < 1.29 is 14.0 Å². The van der Waals surface area contributed by atoms with Crippen LogP contribution in [-0.2, 0) is 9.59 Å². The van der Waals surface area contributed by atoms with Gasteiger partial charge in [0.2, 0.25) is 17.7 Å². The molecule has 0 radical (unpaired) electrons. The van der Waals surface area contributed by atoms with Crippen LogP contribution in [-0.4, -0.2) is 64.2 Å². The monoisotopic (exact) mass is 396 g/mol. The maximum atomic E-state index is 12.2. The summed E-state index contributed by atoms with van der Waals surface area (Å²) in [5, 5.41) is 8.75. The normalized spacial score (nSPS) is 10.6. The molecule has 0 saturated carbocycles. The zero-order valence-corrected chi connectivity index (χ0v) is 16.5. The van der Waals surface area contributed by atoms with Crippen molar-refractivity contribution in [3.05, 3.63) is 29.3 Å². The van der Waals surface area contributed by atoms with E-state index in [2.05, 4.69) is 10.2 Å². The second-order valence-corrected chi connectivity index (χ2v) is 6.85. The van der Waals surface area contributed by atoms with Crippen molar-refractivity contribution in [2.45, 2.75) is 19.1 Å². The van der Waals surface area contributed by atoms with Gasteiger partial charge in [-0.3, -0.25) is 9.59 Å². The fraction of sp³-hybridized carbons (Fsp3) is 0.412. The van der Waals surface area contributed by atoms with Gasteiger partial charge in [-0.2, -0.15) is 0 Å². The largest absolute Gasteiger partial charge is 0.411 e. The molecular formula is C17H21ClN4O3S. The maximum absolute atomic E-state index is 12.2. The molecule has 1 aromatic heterocycles. The van der Waals surface area contributed by atoms with E-state index in [0.717, 1.165) is 11.8 Å². The maximum Gasteiger partial charge on any atom is 0.277 e. The second kappa shape index (κ2) is 9.59. The number of amides is 2. The van der Waals surface area contributed by atoms with Crippen molar-refractivity contribution >= 4 is 35.2 Å². The van der Waals surface area contributed by atoms with Gasteiger partial charge in [-0.1, -0.05) is 29.4 Å². The molecule has 1 heterocycles. The Morgan fingerprint density at radius 1 is 1.19 bits per heavy atom. The Balaban J connectivity index is 1.88. The third-order valence-corrected chi connectivity index (χ3v) is 4.75. The highest BCUT2D eigenvalue weighted by Gasteiger charge is 2.18. The molecule has 2 aromatic rings. The van der Waals surface area contributed by atoms with Crippen LogP contribution in [0.4, 0.5) is 0 Å². The van der Waals surface area contributed by atoms with Crippen LogP contribution in [0.1, 0.15) is 13.8 Å². The minimum absolute atomic E-state index is 0.0542. The number of halogens is 1. The molecule has 0 aliphatic rings. The fourth-order valence-corrected chi connectivity index (χ4v) is 3.10. The van der Waals surface area contributed by atoms with Gasteiger partial charge in [-0.25, -0.2) is 0 Å². The fourth-order valence-electron chi connectivity index (χ4n) is 2.21. The van der Waals surface area contributed by atoms with Gasteiger partial charge >= 0.3 is 0 Å². The van der Waals surface area contributed by atoms with Gasteiger partial charge in [0.1, 0.15) is 0 Å². The van der Waals surface area contributed by atoms with Crippen LogP contribution in [0.15, 0.2) is 33.9 Å². The lowest BCUT2D eigenvalue weighted by atomic mass is 10.2. The zero-order valence-electron chi connectivity index (χ0n) is 14.9. The van der Waals surface area contributed by atoms with Crippen LogP contribution in [0.25, 0.3) is 11.5 Å². The van der Waals surface area contributed by atoms with Crippen molar-refractivity contribution in [3.8, 4) is 11.5 Å². The first-order valence-corrected chi connectivity index (χ1v) is 9.54. The third kappa shape index (κ3) is 5.47. The number of nitrogens with zero attached hydrogens (tertiary/aromatic N) is 4. The number of carbonyl (C=O) groups is 2. The van der Waals surface area contributed by atoms with Crippen molar-refractivity contribution in [2.24, 2.45) is 0 Å². The van der Waals surface area contributed by atoms with Gasteiger partial charge in [0.05, 0.1) is 12.3 Å². The van der Waals surface area contributed by atoms with Crippen molar-refractivity contribution in [1.29, 1.82) is 0 Å². The number of hydrogen-bond donors (Lipinski definition) is 0. The Morgan fingerprint density at radius 3 is 2.58 bits per heavy atom. The molecule has 0 saturated heterocycles. The highest BCUT2D eigenvalue weighted by Crippen LogP contribution is 2.25. The van der Waals surface area contributed by atoms with Gasteiger partial charge in [0.25, 0.3) is 5.22 Å². The van der Waals surface area contributed by atoms with Gasteiger partial charge in [0.15, 0.2) is 0 Å². The molecule has 0 N–H and O–H groups in total. The highest BCUT2D eigenvalue weighted by atomic mass is 35.5. The highest BCUT2D eigenvalue weighted by molar-refractivity contribution is 7.99. The summed E-state index contributed by atoms with van der Waals surface area (Å²) in [6.07, 6.45) is 0. The van der Waals surface area contributed by atoms with E-state index >= 15 is 0 Å². The molecule has 0 bridgehead atoms. The Hall–Kier alpha value is -2.06. The van der Waals surface area contributed by atoms with Crippen molar-refractivity contribution in [3.63, 3.8) is 0 Å². The predicted octanol–water partition coefficient (Wildman–Crippen LogP) is 2.81. The number of likely N-dealkylation sites (N-methyl/N-ethyl adjacent to an activating group) is 2. The Bertz CT molecular complexity index is 764. The number of aromatic nitrogens is 2. The molecule has 0 atom stereocenters. The summed E-state index contributed by atoms with van der Waals surface area (Å²) in [7, 11) is 1.61. The van der Waals surface area contributed by atoms with Crippen molar-refractivity contribution in [1.82, 2.24) is 20.0 Å². The van der Waals surface area contributed by atoms with Gasteiger partial charge in [-0.15, -0.1) is 10.2 Å². The molecule has 2 rings (SSSR count). The smallest absolute Gasteiger partial charge is 0.277 e. The van der Waals surface area contributed by atoms with Crippen molar-refractivity contribution in [2.75, 3.05) is 32.4 Å². The van der Waals surface area contributed by atoms with E-state index in [9.17, 15) is 9.59 Å². The molecular weight excluding hydrogens is 376 g/mol. The summed E-state index contributed by atoms with van der Waals surface area (Å²) in [6.45, 7) is 5.12. The Morgan fingerprint density at radius 2 is 1.92 bits per heavy atom. The molecule has 7 nitrogen and oxygen atoms in total. The van der Waals surface area contributed by atoms with E-state index in [1.807, 2.05) is 19.9 Å². The predicted molar refractivity (Wildman–Crippen MR) is 101 cm³/mol. The first-order chi connectivity index (χ1) is 12.4. The summed E-state index contributed by atoms with van der Waals surface area (Å²) in [4.78, 5) is 27.3. The van der Waals surface area contributed by atoms with E-state index < -0.39 is 0 Å². The van der Waals surface area contributed by atoms with Crippen LogP contribution < -0.4 is 0 Å². The third-order valence-electron chi connectivity index (χ3n) is 3.71. The summed E-state index contributed by atoms with van der Waals surface area (Å²) < 4.78 is 5.55. The van der Waals surface area contributed by atoms with Crippen LogP contribution in [0.5, 0.6) is 0 Å². The topological polar surface area (TPSA) is 79.5 Å². The molecule has 0 spiro atoms. The SMILES string of the molecule is CCN(CC)C(=O)CN(C)C(=O)CSc1nnc(-c2cccc(Cl)c2)o1. The quantitative estimate of drug-likeness (QED) is 0.638. The summed E-state index contributed by atoms with van der Waals surface area (Å²) in [5.41, 5.74) is 0.713. The summed E-state index contributed by atoms with van der Waals surface area (Å²) >= 11 is 7.08. The molecule has 1 aromatic carbocycles. The molecule has 26 heavy (non-hydrogen) atoms. The number of rotatable bonds is 8. The van der Waals surface area contributed by atoms with Gasteiger partial charge < -0.3 is 14.2 Å². The van der Waals surface area contributed by atoms with E-state index in [-0.39, 0.29) is 29.3 Å². The molecule has 2 amide bonds. The van der Waals surface area contributed by atoms with Crippen LogP contribution in [0.2, 0.25) is 5.02 Å². The van der Waals surface area contributed by atoms with Crippen LogP contribution >= 0.6 is 23.4 Å². The van der Waals surface area contributed by atoms with Gasteiger partial charge in [-0.05, 0) is 32.0 Å². The average molecular weight is 397 g/mol. The lowest BCUT2D eigenvalue weighted by molar-refractivity contribution is -0.137. The Kier molecular flexibility index (Phi) is 7.47.